The third-order valence-electron chi connectivity index (χ3n) is 2.45. The molecule has 1 aromatic heterocycles. The quantitative estimate of drug-likeness (QED) is 0.798. The summed E-state index contributed by atoms with van der Waals surface area (Å²) in [5, 5.41) is 0. The van der Waals surface area contributed by atoms with E-state index in [1.165, 1.54) is 19.2 Å². The van der Waals surface area contributed by atoms with Gasteiger partial charge in [-0.15, -0.1) is 0 Å². The molecule has 2 aromatic rings. The van der Waals surface area contributed by atoms with Crippen LogP contribution in [-0.4, -0.2) is 22.6 Å². The second-order valence-corrected chi connectivity index (χ2v) is 3.64. The number of carbonyl (C=O) groups is 1. The molecule has 0 spiro atoms. The number of aromatic amines is 1. The molecule has 0 bridgehead atoms. The molecule has 0 aliphatic carbocycles. The van der Waals surface area contributed by atoms with Crippen molar-refractivity contribution >= 4 is 5.97 Å². The Morgan fingerprint density at radius 1 is 1.32 bits per heavy atom. The average molecular weight is 264 g/mol. The van der Waals surface area contributed by atoms with Crippen LogP contribution in [0, 0.1) is 5.82 Å². The number of nitrogens with one attached hydrogen (secondary N) is 1. The Morgan fingerprint density at radius 3 is 2.68 bits per heavy atom. The van der Waals surface area contributed by atoms with Gasteiger partial charge in [0, 0.05) is 12.3 Å². The number of aromatic nitrogens is 2. The van der Waals surface area contributed by atoms with Gasteiger partial charge in [0.25, 0.3) is 5.56 Å². The molecule has 1 N–H and O–H groups in total. The smallest absolute Gasteiger partial charge is 0.337 e. The first-order valence-corrected chi connectivity index (χ1v) is 5.23. The van der Waals surface area contributed by atoms with Crippen molar-refractivity contribution in [3.63, 3.8) is 0 Å². The van der Waals surface area contributed by atoms with Crippen LogP contribution >= 0.6 is 0 Å². The Hall–Kier alpha value is -2.70. The highest BCUT2D eigenvalue weighted by atomic mass is 19.1. The van der Waals surface area contributed by atoms with Crippen LogP contribution < -0.4 is 11.2 Å². The van der Waals surface area contributed by atoms with Gasteiger partial charge in [-0.05, 0) is 18.2 Å². The molecule has 0 atom stereocenters. The molecule has 0 amide bonds. The lowest BCUT2D eigenvalue weighted by molar-refractivity contribution is 0.0600. The summed E-state index contributed by atoms with van der Waals surface area (Å²) >= 11 is 0. The van der Waals surface area contributed by atoms with E-state index in [2.05, 4.69) is 4.74 Å². The average Bonchev–Trinajstić information content (AvgIpc) is 2.39. The topological polar surface area (TPSA) is 81.2 Å². The number of ether oxygens (including phenoxy) is 1. The number of methoxy groups -OCH3 is 1. The molecule has 6 nitrogen and oxygen atoms in total. The number of benzene rings is 1. The summed E-state index contributed by atoms with van der Waals surface area (Å²) in [4.78, 5) is 35.9. The molecule has 0 aliphatic heterocycles. The van der Waals surface area contributed by atoms with E-state index in [-0.39, 0.29) is 11.3 Å². The zero-order valence-corrected chi connectivity index (χ0v) is 9.84. The van der Waals surface area contributed by atoms with Gasteiger partial charge in [-0.2, -0.15) is 0 Å². The Balaban J connectivity index is 2.64. The van der Waals surface area contributed by atoms with Crippen LogP contribution in [0.1, 0.15) is 10.4 Å². The zero-order chi connectivity index (χ0) is 14.0. The van der Waals surface area contributed by atoms with Gasteiger partial charge in [-0.3, -0.25) is 14.3 Å². The minimum atomic E-state index is -0.798. The van der Waals surface area contributed by atoms with E-state index >= 15 is 0 Å². The van der Waals surface area contributed by atoms with E-state index in [9.17, 15) is 18.8 Å². The van der Waals surface area contributed by atoms with Crippen LogP contribution in [0.4, 0.5) is 4.39 Å². The third kappa shape index (κ3) is 2.44. The maximum absolute atomic E-state index is 13.7. The highest BCUT2D eigenvalue weighted by molar-refractivity contribution is 5.89. The molecule has 0 saturated heterocycles. The number of hydrogen-bond acceptors (Lipinski definition) is 4. The van der Waals surface area contributed by atoms with Gasteiger partial charge < -0.3 is 4.74 Å². The fourth-order valence-electron chi connectivity index (χ4n) is 1.55. The van der Waals surface area contributed by atoms with Crippen molar-refractivity contribution in [2.24, 2.45) is 0 Å². The summed E-state index contributed by atoms with van der Waals surface area (Å²) in [6.45, 7) is 0. The zero-order valence-electron chi connectivity index (χ0n) is 9.84. The van der Waals surface area contributed by atoms with E-state index in [0.29, 0.717) is 0 Å². The van der Waals surface area contributed by atoms with Gasteiger partial charge in [0.15, 0.2) is 0 Å². The number of nitrogens with zero attached hydrogens (tertiary/aromatic N) is 1. The van der Waals surface area contributed by atoms with Gasteiger partial charge in [0.2, 0.25) is 0 Å². The molecular formula is C12H9FN2O4. The number of hydrogen-bond donors (Lipinski definition) is 1. The number of carbonyl (C=O) groups excluding carboxylic acids is 1. The lowest BCUT2D eigenvalue weighted by Gasteiger charge is -2.07. The molecule has 1 heterocycles. The molecule has 0 saturated carbocycles. The highest BCUT2D eigenvalue weighted by Gasteiger charge is 2.12. The number of halogens is 1. The SMILES string of the molecule is COC(=O)c1ccc(F)c(-n2ccc(=O)[nH]c2=O)c1. The van der Waals surface area contributed by atoms with Crippen molar-refractivity contribution in [1.29, 1.82) is 0 Å². The van der Waals surface area contributed by atoms with Crippen LogP contribution in [0.5, 0.6) is 0 Å². The van der Waals surface area contributed by atoms with Crippen molar-refractivity contribution in [2.75, 3.05) is 7.11 Å². The van der Waals surface area contributed by atoms with E-state index < -0.39 is 23.0 Å². The molecule has 0 fully saturated rings. The maximum Gasteiger partial charge on any atom is 0.337 e. The van der Waals surface area contributed by atoms with Crippen molar-refractivity contribution in [2.45, 2.75) is 0 Å². The van der Waals surface area contributed by atoms with Crippen LogP contribution in [0.2, 0.25) is 0 Å². The first kappa shape index (κ1) is 12.7. The van der Waals surface area contributed by atoms with Gasteiger partial charge in [-0.25, -0.2) is 14.0 Å². The molecular weight excluding hydrogens is 255 g/mol. The normalized spacial score (nSPS) is 10.2. The Bertz CT molecular complexity index is 748. The molecule has 19 heavy (non-hydrogen) atoms. The molecule has 7 heteroatoms. The molecule has 0 aliphatic rings. The molecule has 98 valence electrons. The van der Waals surface area contributed by atoms with Crippen molar-refractivity contribution in [3.05, 3.63) is 62.7 Å². The van der Waals surface area contributed by atoms with E-state index in [1.54, 1.807) is 0 Å². The first-order chi connectivity index (χ1) is 9.02. The number of rotatable bonds is 2. The Labute approximate surface area is 106 Å². The van der Waals surface area contributed by atoms with E-state index in [1.807, 2.05) is 4.98 Å². The largest absolute Gasteiger partial charge is 0.465 e. The Morgan fingerprint density at radius 2 is 2.05 bits per heavy atom. The molecule has 1 aromatic carbocycles. The highest BCUT2D eigenvalue weighted by Crippen LogP contribution is 2.14. The maximum atomic E-state index is 13.7. The summed E-state index contributed by atoms with van der Waals surface area (Å²) < 4.78 is 19.1. The standard InChI is InChI=1S/C12H9FN2O4/c1-19-11(17)7-2-3-8(13)9(6-7)15-5-4-10(16)14-12(15)18/h2-6H,1H3,(H,14,16,18). The van der Waals surface area contributed by atoms with Crippen molar-refractivity contribution in [1.82, 2.24) is 9.55 Å². The van der Waals surface area contributed by atoms with Crippen molar-refractivity contribution < 1.29 is 13.9 Å². The molecule has 2 rings (SSSR count). The molecule has 0 radical (unpaired) electrons. The third-order valence-corrected chi connectivity index (χ3v) is 2.45. The summed E-state index contributed by atoms with van der Waals surface area (Å²) in [6.07, 6.45) is 1.13. The lowest BCUT2D eigenvalue weighted by Crippen LogP contribution is -2.28. The summed E-state index contributed by atoms with van der Waals surface area (Å²) in [6, 6.07) is 4.52. The summed E-state index contributed by atoms with van der Waals surface area (Å²) in [5.41, 5.74) is -1.44. The predicted octanol–water partition coefficient (Wildman–Crippen LogP) is 0.451. The second-order valence-electron chi connectivity index (χ2n) is 3.64. The fraction of sp³-hybridized carbons (Fsp3) is 0.0833. The second kappa shape index (κ2) is 4.89. The lowest BCUT2D eigenvalue weighted by atomic mass is 10.2. The minimum absolute atomic E-state index is 0.0944. The fourth-order valence-corrected chi connectivity index (χ4v) is 1.55. The summed E-state index contributed by atoms with van der Waals surface area (Å²) in [7, 11) is 1.19. The number of H-pyrrole nitrogens is 1. The van der Waals surface area contributed by atoms with Gasteiger partial charge in [0.05, 0.1) is 18.4 Å². The predicted molar refractivity (Wildman–Crippen MR) is 64.0 cm³/mol. The Kier molecular flexibility index (Phi) is 3.28. The van der Waals surface area contributed by atoms with Gasteiger partial charge >= 0.3 is 11.7 Å². The van der Waals surface area contributed by atoms with E-state index in [4.69, 9.17) is 0 Å². The van der Waals surface area contributed by atoms with Gasteiger partial charge in [0.1, 0.15) is 5.82 Å². The van der Waals surface area contributed by atoms with Crippen LogP contribution in [0.3, 0.4) is 0 Å². The molecule has 0 unspecified atom stereocenters. The number of esters is 1. The van der Waals surface area contributed by atoms with Crippen LogP contribution in [0.25, 0.3) is 5.69 Å². The summed E-state index contributed by atoms with van der Waals surface area (Å²) in [5.74, 6) is -1.36. The monoisotopic (exact) mass is 264 g/mol. The van der Waals surface area contributed by atoms with Gasteiger partial charge in [-0.1, -0.05) is 0 Å². The van der Waals surface area contributed by atoms with Crippen LogP contribution in [0.15, 0.2) is 40.1 Å². The van der Waals surface area contributed by atoms with Crippen molar-refractivity contribution in [3.8, 4) is 5.69 Å². The minimum Gasteiger partial charge on any atom is -0.465 e. The first-order valence-electron chi connectivity index (χ1n) is 5.23. The van der Waals surface area contributed by atoms with E-state index in [0.717, 1.165) is 22.9 Å². The van der Waals surface area contributed by atoms with Crippen LogP contribution in [-0.2, 0) is 4.74 Å².